The van der Waals surface area contributed by atoms with Crippen LogP contribution in [-0.4, -0.2) is 56.6 Å². The van der Waals surface area contributed by atoms with Gasteiger partial charge in [0.15, 0.2) is 0 Å². The van der Waals surface area contributed by atoms with Crippen molar-refractivity contribution in [2.75, 3.05) is 19.6 Å². The largest absolute Gasteiger partial charge is 0.341 e. The zero-order valence-electron chi connectivity index (χ0n) is 16.2. The second-order valence-corrected chi connectivity index (χ2v) is 7.67. The lowest BCUT2D eigenvalue weighted by molar-refractivity contribution is -0.145. The van der Waals surface area contributed by atoms with Crippen LogP contribution < -0.4 is 5.56 Å². The van der Waals surface area contributed by atoms with Crippen molar-refractivity contribution in [3.05, 3.63) is 52.4 Å². The van der Waals surface area contributed by atoms with E-state index in [1.165, 1.54) is 10.7 Å². The van der Waals surface area contributed by atoms with Crippen LogP contribution in [0.25, 0.3) is 5.69 Å². The monoisotopic (exact) mass is 382 g/mol. The fraction of sp³-hybridized carbons (Fsp3) is 0.476. The van der Waals surface area contributed by atoms with Gasteiger partial charge in [-0.3, -0.25) is 19.5 Å². The number of benzene rings is 1. The number of carbonyl (C=O) groups is 2. The summed E-state index contributed by atoms with van der Waals surface area (Å²) in [5, 5.41) is 2.94. The van der Waals surface area contributed by atoms with E-state index in [1.54, 1.807) is 17.0 Å². The third-order valence-corrected chi connectivity index (χ3v) is 5.90. The van der Waals surface area contributed by atoms with E-state index < -0.39 is 5.54 Å². The first-order valence-electron chi connectivity index (χ1n) is 10.1. The van der Waals surface area contributed by atoms with Crippen molar-refractivity contribution in [1.82, 2.24) is 19.6 Å². The van der Waals surface area contributed by atoms with E-state index in [0.717, 1.165) is 32.4 Å². The molecule has 28 heavy (non-hydrogen) atoms. The van der Waals surface area contributed by atoms with Gasteiger partial charge < -0.3 is 9.80 Å². The van der Waals surface area contributed by atoms with Crippen LogP contribution in [0.4, 0.5) is 0 Å². The summed E-state index contributed by atoms with van der Waals surface area (Å²) in [6.07, 6.45) is 4.00. The average Bonchev–Trinajstić information content (AvgIpc) is 3.30. The first-order chi connectivity index (χ1) is 13.6. The number of nitrogens with one attached hydrogen (secondary N) is 1. The molecular formula is C21H26N4O3. The van der Waals surface area contributed by atoms with Gasteiger partial charge in [0.25, 0.3) is 11.5 Å². The molecule has 7 heteroatoms. The van der Waals surface area contributed by atoms with Crippen molar-refractivity contribution in [3.8, 4) is 5.69 Å². The van der Waals surface area contributed by atoms with Crippen LogP contribution in [-0.2, 0) is 4.79 Å². The highest BCUT2D eigenvalue weighted by molar-refractivity contribution is 5.98. The predicted octanol–water partition coefficient (Wildman–Crippen LogP) is 2.17. The highest BCUT2D eigenvalue weighted by atomic mass is 16.2. The summed E-state index contributed by atoms with van der Waals surface area (Å²) in [7, 11) is 0. The van der Waals surface area contributed by atoms with Crippen molar-refractivity contribution < 1.29 is 9.59 Å². The van der Waals surface area contributed by atoms with E-state index in [0.29, 0.717) is 25.1 Å². The SMILES string of the molecule is CCCN1CCCC2(CCCN2C(=O)c2cc(=O)n(-c3ccccc3)[nH]2)C1=O. The lowest BCUT2D eigenvalue weighted by atomic mass is 9.85. The topological polar surface area (TPSA) is 78.4 Å². The Morgan fingerprint density at radius 1 is 1.11 bits per heavy atom. The number of aromatic amines is 1. The second kappa shape index (κ2) is 7.30. The molecule has 0 aliphatic carbocycles. The fourth-order valence-corrected chi connectivity index (χ4v) is 4.62. The summed E-state index contributed by atoms with van der Waals surface area (Å²) >= 11 is 0. The van der Waals surface area contributed by atoms with Gasteiger partial charge in [0.2, 0.25) is 5.91 Å². The molecule has 1 N–H and O–H groups in total. The number of aromatic nitrogens is 2. The van der Waals surface area contributed by atoms with Crippen molar-refractivity contribution in [2.24, 2.45) is 0 Å². The lowest BCUT2D eigenvalue weighted by Crippen LogP contribution is -2.61. The van der Waals surface area contributed by atoms with E-state index >= 15 is 0 Å². The smallest absolute Gasteiger partial charge is 0.272 e. The summed E-state index contributed by atoms with van der Waals surface area (Å²) in [4.78, 5) is 42.6. The molecule has 148 valence electrons. The number of amides is 2. The molecule has 0 radical (unpaired) electrons. The van der Waals surface area contributed by atoms with E-state index in [1.807, 2.05) is 23.1 Å². The van der Waals surface area contributed by atoms with Crippen LogP contribution in [0.5, 0.6) is 0 Å². The highest BCUT2D eigenvalue weighted by Crippen LogP contribution is 2.39. The zero-order valence-corrected chi connectivity index (χ0v) is 16.2. The Balaban J connectivity index is 1.65. The number of likely N-dealkylation sites (tertiary alicyclic amines) is 2. The van der Waals surface area contributed by atoms with Gasteiger partial charge in [-0.2, -0.15) is 0 Å². The summed E-state index contributed by atoms with van der Waals surface area (Å²) in [5.41, 5.74) is -0.137. The fourth-order valence-electron chi connectivity index (χ4n) is 4.62. The van der Waals surface area contributed by atoms with Crippen LogP contribution in [0, 0.1) is 0 Å². The van der Waals surface area contributed by atoms with Crippen molar-refractivity contribution in [3.63, 3.8) is 0 Å². The molecule has 3 heterocycles. The Bertz CT molecular complexity index is 931. The normalized spacial score (nSPS) is 22.2. The molecule has 1 spiro atoms. The highest BCUT2D eigenvalue weighted by Gasteiger charge is 2.52. The Morgan fingerprint density at radius 2 is 1.82 bits per heavy atom. The average molecular weight is 382 g/mol. The van der Waals surface area contributed by atoms with Crippen LogP contribution >= 0.6 is 0 Å². The van der Waals surface area contributed by atoms with E-state index in [2.05, 4.69) is 12.0 Å². The lowest BCUT2D eigenvalue weighted by Gasteiger charge is -2.44. The number of hydrogen-bond donors (Lipinski definition) is 1. The van der Waals surface area contributed by atoms with Gasteiger partial charge in [0, 0.05) is 25.7 Å². The number of piperidine rings is 1. The third-order valence-electron chi connectivity index (χ3n) is 5.90. The van der Waals surface area contributed by atoms with E-state index in [4.69, 9.17) is 0 Å². The summed E-state index contributed by atoms with van der Waals surface area (Å²) in [5.74, 6) is -0.202. The standard InChI is InChI=1S/C21H26N4O3/c1-2-12-23-13-6-10-21(20(23)28)11-7-14-24(21)19(27)17-15-18(26)25(22-17)16-8-4-3-5-9-16/h3-5,8-9,15,22H,2,6-7,10-14H2,1H3. The Kier molecular flexibility index (Phi) is 4.83. The maximum atomic E-state index is 13.3. The molecule has 0 saturated carbocycles. The van der Waals surface area contributed by atoms with Gasteiger partial charge in [-0.1, -0.05) is 25.1 Å². The molecule has 1 aromatic heterocycles. The van der Waals surface area contributed by atoms with Gasteiger partial charge in [-0.25, -0.2) is 4.68 Å². The Labute approximate surface area is 163 Å². The molecule has 1 aromatic carbocycles. The maximum absolute atomic E-state index is 13.3. The van der Waals surface area contributed by atoms with Crippen molar-refractivity contribution in [2.45, 2.75) is 44.6 Å². The number of hydrogen-bond acceptors (Lipinski definition) is 3. The van der Waals surface area contributed by atoms with Gasteiger partial charge >= 0.3 is 0 Å². The first-order valence-corrected chi connectivity index (χ1v) is 10.1. The summed E-state index contributed by atoms with van der Waals surface area (Å²) < 4.78 is 1.36. The molecule has 0 bridgehead atoms. The van der Waals surface area contributed by atoms with Gasteiger partial charge in [0.1, 0.15) is 11.2 Å². The van der Waals surface area contributed by atoms with Crippen LogP contribution in [0.1, 0.15) is 49.5 Å². The predicted molar refractivity (Wildman–Crippen MR) is 105 cm³/mol. The minimum atomic E-state index is -0.754. The van der Waals surface area contributed by atoms with Crippen molar-refractivity contribution >= 4 is 11.8 Å². The molecule has 2 fully saturated rings. The number of para-hydroxylation sites is 1. The van der Waals surface area contributed by atoms with E-state index in [9.17, 15) is 14.4 Å². The quantitative estimate of drug-likeness (QED) is 0.880. The zero-order chi connectivity index (χ0) is 19.7. The van der Waals surface area contributed by atoms with Gasteiger partial charge in [-0.05, 0) is 44.2 Å². The Hall–Kier alpha value is -2.83. The van der Waals surface area contributed by atoms with E-state index in [-0.39, 0.29) is 23.1 Å². The molecule has 2 aliphatic heterocycles. The minimum Gasteiger partial charge on any atom is -0.341 e. The number of nitrogens with zero attached hydrogens (tertiary/aromatic N) is 3. The maximum Gasteiger partial charge on any atom is 0.272 e. The van der Waals surface area contributed by atoms with Crippen molar-refractivity contribution in [1.29, 1.82) is 0 Å². The first kappa shape index (κ1) is 18.5. The summed E-state index contributed by atoms with van der Waals surface area (Å²) in [6, 6.07) is 10.5. The molecule has 2 amide bonds. The molecular weight excluding hydrogens is 356 g/mol. The molecule has 4 rings (SSSR count). The third kappa shape index (κ3) is 2.95. The molecule has 1 unspecified atom stereocenters. The molecule has 2 aromatic rings. The van der Waals surface area contributed by atoms with Gasteiger partial charge in [-0.15, -0.1) is 0 Å². The van der Waals surface area contributed by atoms with Gasteiger partial charge in [0.05, 0.1) is 5.69 Å². The molecule has 2 saturated heterocycles. The van der Waals surface area contributed by atoms with Crippen LogP contribution in [0.2, 0.25) is 0 Å². The minimum absolute atomic E-state index is 0.0660. The molecule has 7 nitrogen and oxygen atoms in total. The second-order valence-electron chi connectivity index (χ2n) is 7.67. The Morgan fingerprint density at radius 3 is 2.54 bits per heavy atom. The number of rotatable bonds is 4. The molecule has 1 atom stereocenters. The number of carbonyl (C=O) groups excluding carboxylic acids is 2. The van der Waals surface area contributed by atoms with Crippen LogP contribution in [0.3, 0.4) is 0 Å². The summed E-state index contributed by atoms with van der Waals surface area (Å²) in [6.45, 7) is 4.09. The van der Waals surface area contributed by atoms with Crippen LogP contribution in [0.15, 0.2) is 41.2 Å². The molecule has 2 aliphatic rings. The number of H-pyrrole nitrogens is 1.